The third-order valence-electron chi connectivity index (χ3n) is 3.27. The van der Waals surface area contributed by atoms with E-state index in [2.05, 4.69) is 22.2 Å². The summed E-state index contributed by atoms with van der Waals surface area (Å²) in [6, 6.07) is 0.539. The third kappa shape index (κ3) is 2.62. The van der Waals surface area contributed by atoms with Crippen molar-refractivity contribution < 1.29 is 0 Å². The standard InChI is InChI=1S/C12H20N4/c1-8-4-3-5-10(6-8)15-11-9(2)7-14-12(13)16-11/h7-8,10H,3-6H2,1-2H3,(H3,13,14,15,16). The summed E-state index contributed by atoms with van der Waals surface area (Å²) in [5.41, 5.74) is 6.66. The van der Waals surface area contributed by atoms with Gasteiger partial charge in [-0.05, 0) is 25.7 Å². The minimum atomic E-state index is 0.344. The summed E-state index contributed by atoms with van der Waals surface area (Å²) in [7, 11) is 0. The van der Waals surface area contributed by atoms with Crippen molar-refractivity contribution in [2.45, 2.75) is 45.6 Å². The molecule has 0 bridgehead atoms. The first kappa shape index (κ1) is 11.2. The second-order valence-corrected chi connectivity index (χ2v) is 4.87. The van der Waals surface area contributed by atoms with Crippen LogP contribution in [0.25, 0.3) is 0 Å². The van der Waals surface area contributed by atoms with Gasteiger partial charge in [-0.15, -0.1) is 0 Å². The maximum absolute atomic E-state index is 5.60. The van der Waals surface area contributed by atoms with Crippen LogP contribution in [0, 0.1) is 12.8 Å². The molecule has 88 valence electrons. The second kappa shape index (κ2) is 4.68. The van der Waals surface area contributed by atoms with E-state index in [1.54, 1.807) is 6.20 Å². The predicted octanol–water partition coefficient (Wildman–Crippen LogP) is 2.36. The average Bonchev–Trinajstić information content (AvgIpc) is 2.24. The SMILES string of the molecule is Cc1cnc(N)nc1NC1CCCC(C)C1. The van der Waals surface area contributed by atoms with Crippen LogP contribution in [0.3, 0.4) is 0 Å². The van der Waals surface area contributed by atoms with E-state index in [4.69, 9.17) is 5.73 Å². The summed E-state index contributed by atoms with van der Waals surface area (Å²) in [5, 5.41) is 3.49. The fraction of sp³-hybridized carbons (Fsp3) is 0.667. The number of nitrogens with one attached hydrogen (secondary N) is 1. The first-order chi connectivity index (χ1) is 7.65. The van der Waals surface area contributed by atoms with Gasteiger partial charge < -0.3 is 11.1 Å². The Labute approximate surface area is 96.7 Å². The van der Waals surface area contributed by atoms with Crippen LogP contribution >= 0.6 is 0 Å². The molecule has 1 fully saturated rings. The fourth-order valence-corrected chi connectivity index (χ4v) is 2.36. The molecular formula is C12H20N4. The molecule has 4 heteroatoms. The quantitative estimate of drug-likeness (QED) is 0.803. The Balaban J connectivity index is 2.05. The molecule has 0 radical (unpaired) electrons. The van der Waals surface area contributed by atoms with Crippen molar-refractivity contribution >= 4 is 11.8 Å². The van der Waals surface area contributed by atoms with Crippen LogP contribution in [0.2, 0.25) is 0 Å². The molecule has 1 heterocycles. The van der Waals surface area contributed by atoms with E-state index in [0.29, 0.717) is 12.0 Å². The summed E-state index contributed by atoms with van der Waals surface area (Å²) in [6.45, 7) is 4.32. The molecule has 0 spiro atoms. The van der Waals surface area contributed by atoms with Crippen LogP contribution in [0.4, 0.5) is 11.8 Å². The van der Waals surface area contributed by atoms with Crippen molar-refractivity contribution in [2.24, 2.45) is 5.92 Å². The number of anilines is 2. The van der Waals surface area contributed by atoms with Crippen LogP contribution in [0.5, 0.6) is 0 Å². The van der Waals surface area contributed by atoms with Gasteiger partial charge in [0, 0.05) is 17.8 Å². The number of nitrogens with zero attached hydrogens (tertiary/aromatic N) is 2. The van der Waals surface area contributed by atoms with Crippen molar-refractivity contribution in [2.75, 3.05) is 11.1 Å². The van der Waals surface area contributed by atoms with Gasteiger partial charge in [0.15, 0.2) is 0 Å². The molecule has 0 saturated heterocycles. The monoisotopic (exact) mass is 220 g/mol. The molecule has 1 aliphatic rings. The molecular weight excluding hydrogens is 200 g/mol. The second-order valence-electron chi connectivity index (χ2n) is 4.87. The summed E-state index contributed by atoms with van der Waals surface area (Å²) < 4.78 is 0. The van der Waals surface area contributed by atoms with Crippen LogP contribution in [0.1, 0.15) is 38.2 Å². The minimum Gasteiger partial charge on any atom is -0.368 e. The Kier molecular flexibility index (Phi) is 3.27. The lowest BCUT2D eigenvalue weighted by Crippen LogP contribution is -2.27. The van der Waals surface area contributed by atoms with Gasteiger partial charge in [-0.2, -0.15) is 4.98 Å². The van der Waals surface area contributed by atoms with Gasteiger partial charge in [0.2, 0.25) is 5.95 Å². The van der Waals surface area contributed by atoms with Gasteiger partial charge in [-0.3, -0.25) is 0 Å². The summed E-state index contributed by atoms with van der Waals surface area (Å²) in [6.07, 6.45) is 6.88. The molecule has 0 aromatic carbocycles. The molecule has 0 aliphatic heterocycles. The first-order valence-electron chi connectivity index (χ1n) is 6.01. The zero-order chi connectivity index (χ0) is 11.5. The van der Waals surface area contributed by atoms with E-state index in [-0.39, 0.29) is 0 Å². The van der Waals surface area contributed by atoms with E-state index >= 15 is 0 Å². The summed E-state index contributed by atoms with van der Waals surface area (Å²) in [5.74, 6) is 2.05. The number of rotatable bonds is 2. The van der Waals surface area contributed by atoms with E-state index in [0.717, 1.165) is 17.3 Å². The number of aryl methyl sites for hydroxylation is 1. The highest BCUT2D eigenvalue weighted by Crippen LogP contribution is 2.26. The van der Waals surface area contributed by atoms with Crippen LogP contribution in [-0.2, 0) is 0 Å². The summed E-state index contributed by atoms with van der Waals surface area (Å²) in [4.78, 5) is 8.22. The predicted molar refractivity (Wildman–Crippen MR) is 66.2 cm³/mol. The number of aromatic nitrogens is 2. The largest absolute Gasteiger partial charge is 0.368 e. The van der Waals surface area contributed by atoms with E-state index < -0.39 is 0 Å². The molecule has 2 atom stereocenters. The highest BCUT2D eigenvalue weighted by Gasteiger charge is 2.19. The summed E-state index contributed by atoms with van der Waals surface area (Å²) >= 11 is 0. The fourth-order valence-electron chi connectivity index (χ4n) is 2.36. The molecule has 1 aliphatic carbocycles. The lowest BCUT2D eigenvalue weighted by atomic mass is 9.87. The van der Waals surface area contributed by atoms with Crippen molar-refractivity contribution in [1.82, 2.24) is 9.97 Å². The lowest BCUT2D eigenvalue weighted by molar-refractivity contribution is 0.358. The Morgan fingerprint density at radius 1 is 1.44 bits per heavy atom. The molecule has 1 aromatic heterocycles. The third-order valence-corrected chi connectivity index (χ3v) is 3.27. The van der Waals surface area contributed by atoms with Crippen LogP contribution in [-0.4, -0.2) is 16.0 Å². The Bertz CT molecular complexity index is 364. The number of hydrogen-bond acceptors (Lipinski definition) is 4. The average molecular weight is 220 g/mol. The van der Waals surface area contributed by atoms with Gasteiger partial charge in [0.05, 0.1) is 0 Å². The van der Waals surface area contributed by atoms with E-state index in [9.17, 15) is 0 Å². The van der Waals surface area contributed by atoms with Gasteiger partial charge in [0.25, 0.3) is 0 Å². The molecule has 3 N–H and O–H groups in total. The molecule has 0 amide bonds. The Morgan fingerprint density at radius 2 is 2.25 bits per heavy atom. The number of nitrogen functional groups attached to an aromatic ring is 1. The topological polar surface area (TPSA) is 63.8 Å². The van der Waals surface area contributed by atoms with Crippen molar-refractivity contribution in [3.63, 3.8) is 0 Å². The maximum Gasteiger partial charge on any atom is 0.221 e. The molecule has 1 aromatic rings. The molecule has 2 unspecified atom stereocenters. The van der Waals surface area contributed by atoms with E-state index in [1.807, 2.05) is 6.92 Å². The van der Waals surface area contributed by atoms with Crippen molar-refractivity contribution in [3.05, 3.63) is 11.8 Å². The Morgan fingerprint density at radius 3 is 3.00 bits per heavy atom. The Hall–Kier alpha value is -1.32. The van der Waals surface area contributed by atoms with Crippen molar-refractivity contribution in [3.8, 4) is 0 Å². The zero-order valence-corrected chi connectivity index (χ0v) is 10.0. The normalized spacial score (nSPS) is 25.4. The van der Waals surface area contributed by atoms with Crippen LogP contribution in [0.15, 0.2) is 6.20 Å². The molecule has 4 nitrogen and oxygen atoms in total. The van der Waals surface area contributed by atoms with Gasteiger partial charge in [0.1, 0.15) is 5.82 Å². The maximum atomic E-state index is 5.60. The number of hydrogen-bond donors (Lipinski definition) is 2. The van der Waals surface area contributed by atoms with Crippen molar-refractivity contribution in [1.29, 1.82) is 0 Å². The molecule has 2 rings (SSSR count). The zero-order valence-electron chi connectivity index (χ0n) is 10.0. The molecule has 16 heavy (non-hydrogen) atoms. The number of nitrogens with two attached hydrogens (primary N) is 1. The smallest absolute Gasteiger partial charge is 0.221 e. The lowest BCUT2D eigenvalue weighted by Gasteiger charge is -2.28. The van der Waals surface area contributed by atoms with Gasteiger partial charge in [-0.1, -0.05) is 19.8 Å². The van der Waals surface area contributed by atoms with Gasteiger partial charge in [-0.25, -0.2) is 4.98 Å². The van der Waals surface area contributed by atoms with Gasteiger partial charge >= 0.3 is 0 Å². The highest BCUT2D eigenvalue weighted by molar-refractivity contribution is 5.45. The molecule has 1 saturated carbocycles. The van der Waals surface area contributed by atoms with Crippen LogP contribution < -0.4 is 11.1 Å². The highest BCUT2D eigenvalue weighted by atomic mass is 15.1. The minimum absolute atomic E-state index is 0.344. The first-order valence-corrected chi connectivity index (χ1v) is 6.01. The van der Waals surface area contributed by atoms with E-state index in [1.165, 1.54) is 25.7 Å².